The highest BCUT2D eigenvalue weighted by atomic mass is 79.9. The van der Waals surface area contributed by atoms with Gasteiger partial charge in [0.1, 0.15) is 25.4 Å². The fourth-order valence-corrected chi connectivity index (χ4v) is 2.54. The number of halogens is 1. The second kappa shape index (κ2) is 7.61. The molecule has 0 bridgehead atoms. The van der Waals surface area contributed by atoms with Gasteiger partial charge in [0.15, 0.2) is 6.61 Å². The molecule has 0 spiro atoms. The summed E-state index contributed by atoms with van der Waals surface area (Å²) in [5, 5.41) is 0. The Kier molecular flexibility index (Phi) is 5.82. The second-order valence-electron chi connectivity index (χ2n) is 4.66. The predicted octanol–water partition coefficient (Wildman–Crippen LogP) is 0.416. The van der Waals surface area contributed by atoms with Gasteiger partial charge in [0.2, 0.25) is 0 Å². The highest BCUT2D eigenvalue weighted by Gasteiger charge is 2.17. The first-order chi connectivity index (χ1) is 9.69. The minimum atomic E-state index is -0.377. The molecule has 1 aliphatic heterocycles. The smallest absolute Gasteiger partial charge is 0.343 e. The van der Waals surface area contributed by atoms with E-state index in [4.69, 9.17) is 9.47 Å². The van der Waals surface area contributed by atoms with E-state index in [1.54, 1.807) is 0 Å². The van der Waals surface area contributed by atoms with Gasteiger partial charge in [-0.3, -0.25) is 0 Å². The normalized spacial score (nSPS) is 15.9. The first kappa shape index (κ1) is 15.3. The number of esters is 1. The number of rotatable bonds is 5. The maximum absolute atomic E-state index is 11.2. The summed E-state index contributed by atoms with van der Waals surface area (Å²) in [4.78, 5) is 12.6. The van der Waals surface area contributed by atoms with Gasteiger partial charge in [0.05, 0.1) is 20.3 Å². The molecule has 1 saturated heterocycles. The van der Waals surface area contributed by atoms with Crippen molar-refractivity contribution < 1.29 is 23.9 Å². The van der Waals surface area contributed by atoms with Gasteiger partial charge < -0.3 is 19.1 Å². The van der Waals surface area contributed by atoms with Crippen LogP contribution in [0.3, 0.4) is 0 Å². The molecule has 1 fully saturated rings. The van der Waals surface area contributed by atoms with Crippen LogP contribution in [0.15, 0.2) is 22.7 Å². The average molecular weight is 345 g/mol. The lowest BCUT2D eigenvalue weighted by Crippen LogP contribution is -3.12. The van der Waals surface area contributed by atoms with E-state index in [9.17, 15) is 4.79 Å². The SMILES string of the molecule is COC(=O)COc1ccc(Br)cc1C[NH+]1CCOCC1. The van der Waals surface area contributed by atoms with Crippen LogP contribution in [0, 0.1) is 0 Å². The van der Waals surface area contributed by atoms with Crippen LogP contribution in [0.25, 0.3) is 0 Å². The van der Waals surface area contributed by atoms with E-state index in [1.165, 1.54) is 12.0 Å². The summed E-state index contributed by atoms with van der Waals surface area (Å²) in [5.74, 6) is 0.357. The number of ether oxygens (including phenoxy) is 3. The van der Waals surface area contributed by atoms with Gasteiger partial charge in [-0.25, -0.2) is 4.79 Å². The van der Waals surface area contributed by atoms with Crippen LogP contribution in [0.4, 0.5) is 0 Å². The molecule has 0 amide bonds. The highest BCUT2D eigenvalue weighted by molar-refractivity contribution is 9.10. The third-order valence-electron chi connectivity index (χ3n) is 3.24. The molecule has 110 valence electrons. The van der Waals surface area contributed by atoms with Gasteiger partial charge >= 0.3 is 5.97 Å². The first-order valence-corrected chi connectivity index (χ1v) is 7.37. The van der Waals surface area contributed by atoms with E-state index >= 15 is 0 Å². The number of carbonyl (C=O) groups excluding carboxylic acids is 1. The summed E-state index contributed by atoms with van der Waals surface area (Å²) < 4.78 is 16.5. The van der Waals surface area contributed by atoms with Crippen LogP contribution < -0.4 is 9.64 Å². The van der Waals surface area contributed by atoms with Crippen molar-refractivity contribution in [1.29, 1.82) is 0 Å². The van der Waals surface area contributed by atoms with E-state index < -0.39 is 0 Å². The second-order valence-corrected chi connectivity index (χ2v) is 5.57. The molecule has 1 aromatic rings. The van der Waals surface area contributed by atoms with Gasteiger partial charge in [-0.1, -0.05) is 15.9 Å². The monoisotopic (exact) mass is 344 g/mol. The molecule has 1 aromatic carbocycles. The number of quaternary nitrogens is 1. The molecule has 0 aliphatic carbocycles. The molecule has 0 saturated carbocycles. The summed E-state index contributed by atoms with van der Waals surface area (Å²) >= 11 is 3.47. The molecular formula is C14H19BrNO4+. The van der Waals surface area contributed by atoms with Crippen molar-refractivity contribution in [2.75, 3.05) is 40.0 Å². The van der Waals surface area contributed by atoms with Crippen molar-refractivity contribution in [1.82, 2.24) is 0 Å². The summed E-state index contributed by atoms with van der Waals surface area (Å²) in [6.07, 6.45) is 0. The number of carbonyl (C=O) groups is 1. The number of methoxy groups -OCH3 is 1. The van der Waals surface area contributed by atoms with Gasteiger partial charge in [-0.15, -0.1) is 0 Å². The van der Waals surface area contributed by atoms with Crippen molar-refractivity contribution in [3.05, 3.63) is 28.2 Å². The van der Waals surface area contributed by atoms with Crippen molar-refractivity contribution in [2.45, 2.75) is 6.54 Å². The Morgan fingerprint density at radius 2 is 2.15 bits per heavy atom. The Morgan fingerprint density at radius 1 is 1.40 bits per heavy atom. The molecule has 5 nitrogen and oxygen atoms in total. The highest BCUT2D eigenvalue weighted by Crippen LogP contribution is 2.22. The largest absolute Gasteiger partial charge is 0.481 e. The van der Waals surface area contributed by atoms with Crippen LogP contribution >= 0.6 is 15.9 Å². The Labute approximate surface area is 126 Å². The van der Waals surface area contributed by atoms with Crippen LogP contribution in [-0.4, -0.2) is 46.0 Å². The lowest BCUT2D eigenvalue weighted by atomic mass is 10.2. The summed E-state index contributed by atoms with van der Waals surface area (Å²) in [6, 6.07) is 5.82. The van der Waals surface area contributed by atoms with E-state index in [2.05, 4.69) is 20.7 Å². The van der Waals surface area contributed by atoms with Crippen LogP contribution in [0.2, 0.25) is 0 Å². The number of morpholine rings is 1. The number of nitrogens with one attached hydrogen (secondary N) is 1. The number of hydrogen-bond acceptors (Lipinski definition) is 4. The summed E-state index contributed by atoms with van der Waals surface area (Å²) in [5.41, 5.74) is 1.08. The zero-order valence-corrected chi connectivity index (χ0v) is 13.1. The Balaban J connectivity index is 2.04. The zero-order valence-electron chi connectivity index (χ0n) is 11.5. The Hall–Kier alpha value is -1.11. The van der Waals surface area contributed by atoms with Crippen molar-refractivity contribution in [2.24, 2.45) is 0 Å². The molecule has 0 atom stereocenters. The van der Waals surface area contributed by atoms with E-state index in [0.717, 1.165) is 48.6 Å². The predicted molar refractivity (Wildman–Crippen MR) is 76.9 cm³/mol. The van der Waals surface area contributed by atoms with E-state index in [-0.39, 0.29) is 12.6 Å². The summed E-state index contributed by atoms with van der Waals surface area (Å²) in [7, 11) is 1.35. The maximum Gasteiger partial charge on any atom is 0.343 e. The lowest BCUT2D eigenvalue weighted by molar-refractivity contribution is -0.921. The third kappa shape index (κ3) is 4.47. The average Bonchev–Trinajstić information content (AvgIpc) is 2.47. The third-order valence-corrected chi connectivity index (χ3v) is 3.73. The molecule has 20 heavy (non-hydrogen) atoms. The fraction of sp³-hybridized carbons (Fsp3) is 0.500. The van der Waals surface area contributed by atoms with Gasteiger partial charge in [-0.2, -0.15) is 0 Å². The molecule has 2 rings (SSSR count). The van der Waals surface area contributed by atoms with Crippen LogP contribution in [0.5, 0.6) is 5.75 Å². The molecule has 1 aliphatic rings. The molecule has 1 N–H and O–H groups in total. The fourth-order valence-electron chi connectivity index (χ4n) is 2.13. The molecule has 6 heteroatoms. The molecular weight excluding hydrogens is 326 g/mol. The first-order valence-electron chi connectivity index (χ1n) is 6.58. The zero-order chi connectivity index (χ0) is 14.4. The standard InChI is InChI=1S/C14H18BrNO4/c1-18-14(17)10-20-13-3-2-12(15)8-11(13)9-16-4-6-19-7-5-16/h2-3,8H,4-7,9-10H2,1H3/p+1. The number of benzene rings is 1. The Bertz CT molecular complexity index is 460. The minimum Gasteiger partial charge on any atom is -0.481 e. The number of hydrogen-bond donors (Lipinski definition) is 1. The van der Waals surface area contributed by atoms with E-state index in [0.29, 0.717) is 0 Å². The van der Waals surface area contributed by atoms with Gasteiger partial charge in [-0.05, 0) is 18.2 Å². The Morgan fingerprint density at radius 3 is 2.85 bits per heavy atom. The quantitative estimate of drug-likeness (QED) is 0.786. The molecule has 1 heterocycles. The lowest BCUT2D eigenvalue weighted by Gasteiger charge is -2.24. The van der Waals surface area contributed by atoms with Gasteiger partial charge in [0, 0.05) is 10.0 Å². The van der Waals surface area contributed by atoms with Crippen molar-refractivity contribution in [3.63, 3.8) is 0 Å². The summed E-state index contributed by atoms with van der Waals surface area (Å²) in [6.45, 7) is 4.36. The maximum atomic E-state index is 11.2. The minimum absolute atomic E-state index is 0.0659. The van der Waals surface area contributed by atoms with Crippen molar-refractivity contribution >= 4 is 21.9 Å². The van der Waals surface area contributed by atoms with Crippen LogP contribution in [-0.2, 0) is 20.8 Å². The van der Waals surface area contributed by atoms with Gasteiger partial charge in [0.25, 0.3) is 0 Å². The van der Waals surface area contributed by atoms with Crippen molar-refractivity contribution in [3.8, 4) is 5.75 Å². The van der Waals surface area contributed by atoms with E-state index in [1.807, 2.05) is 18.2 Å². The topological polar surface area (TPSA) is 49.2 Å². The molecule has 0 aromatic heterocycles. The molecule has 0 unspecified atom stereocenters. The van der Waals surface area contributed by atoms with Crippen LogP contribution in [0.1, 0.15) is 5.56 Å². The molecule has 0 radical (unpaired) electrons.